The van der Waals surface area contributed by atoms with E-state index in [2.05, 4.69) is 41.5 Å². The Morgan fingerprint density at radius 2 is 1.94 bits per heavy atom. The zero-order chi connectivity index (χ0) is 12.4. The van der Waals surface area contributed by atoms with Crippen molar-refractivity contribution in [3.05, 3.63) is 40.7 Å². The Kier molecular flexibility index (Phi) is 3.50. The molecular weight excluding hydrogens is 234 g/mol. The third kappa shape index (κ3) is 2.35. The van der Waals surface area contributed by atoms with Gasteiger partial charge in [-0.2, -0.15) is 0 Å². The van der Waals surface area contributed by atoms with Gasteiger partial charge in [0.15, 0.2) is 5.15 Å². The Balaban J connectivity index is 2.46. The van der Waals surface area contributed by atoms with Gasteiger partial charge in [0.2, 0.25) is 0 Å². The van der Waals surface area contributed by atoms with Crippen LogP contribution in [-0.4, -0.2) is 16.6 Å². The number of aryl methyl sites for hydroxylation is 1. The predicted molar refractivity (Wildman–Crippen MR) is 71.2 cm³/mol. The number of nitrogens with zero attached hydrogens (tertiary/aromatic N) is 2. The van der Waals surface area contributed by atoms with E-state index in [-0.39, 0.29) is 0 Å². The van der Waals surface area contributed by atoms with Crippen LogP contribution in [0.3, 0.4) is 0 Å². The molecule has 0 spiro atoms. The Morgan fingerprint density at radius 1 is 1.29 bits per heavy atom. The third-order valence-electron chi connectivity index (χ3n) is 2.82. The van der Waals surface area contributed by atoms with E-state index in [4.69, 9.17) is 11.6 Å². The monoisotopic (exact) mass is 249 g/mol. The number of hydrogen-bond donors (Lipinski definition) is 1. The minimum atomic E-state index is 0.567. The topological polar surface area (TPSA) is 29.9 Å². The first-order valence-corrected chi connectivity index (χ1v) is 5.94. The van der Waals surface area contributed by atoms with Gasteiger partial charge in [0, 0.05) is 19.2 Å². The lowest BCUT2D eigenvalue weighted by Crippen LogP contribution is -2.10. The lowest BCUT2D eigenvalue weighted by Gasteiger charge is -2.05. The van der Waals surface area contributed by atoms with Gasteiger partial charge in [0.1, 0.15) is 5.82 Å². The van der Waals surface area contributed by atoms with Gasteiger partial charge in [-0.25, -0.2) is 4.98 Å². The van der Waals surface area contributed by atoms with Gasteiger partial charge in [-0.15, -0.1) is 0 Å². The standard InChI is InChI=1S/C13H16ClN3/c1-9-4-6-10(7-5-9)13-16-12(14)11(8-15-2)17(13)3/h4-7,15H,8H2,1-3H3. The molecule has 0 aliphatic carbocycles. The molecule has 3 nitrogen and oxygen atoms in total. The second-order valence-electron chi connectivity index (χ2n) is 4.13. The number of imidazole rings is 1. The molecule has 4 heteroatoms. The molecule has 0 radical (unpaired) electrons. The molecule has 0 aliphatic heterocycles. The average molecular weight is 250 g/mol. The second-order valence-corrected chi connectivity index (χ2v) is 4.49. The van der Waals surface area contributed by atoms with Gasteiger partial charge < -0.3 is 9.88 Å². The summed E-state index contributed by atoms with van der Waals surface area (Å²) in [6.45, 7) is 2.79. The number of benzene rings is 1. The number of rotatable bonds is 3. The van der Waals surface area contributed by atoms with E-state index in [0.717, 1.165) is 17.1 Å². The van der Waals surface area contributed by atoms with Crippen molar-refractivity contribution in [2.75, 3.05) is 7.05 Å². The number of nitrogens with one attached hydrogen (secondary N) is 1. The lowest BCUT2D eigenvalue weighted by atomic mass is 10.1. The van der Waals surface area contributed by atoms with Gasteiger partial charge in [-0.3, -0.25) is 0 Å². The highest BCUT2D eigenvalue weighted by Gasteiger charge is 2.13. The predicted octanol–water partition coefficient (Wildman–Crippen LogP) is 2.77. The molecule has 1 heterocycles. The highest BCUT2D eigenvalue weighted by atomic mass is 35.5. The van der Waals surface area contributed by atoms with Crippen molar-refractivity contribution in [1.82, 2.24) is 14.9 Å². The van der Waals surface area contributed by atoms with Crippen molar-refractivity contribution in [3.8, 4) is 11.4 Å². The van der Waals surface area contributed by atoms with Gasteiger partial charge in [0.25, 0.3) is 0 Å². The van der Waals surface area contributed by atoms with Crippen molar-refractivity contribution < 1.29 is 0 Å². The summed E-state index contributed by atoms with van der Waals surface area (Å²) in [7, 11) is 3.88. The number of aromatic nitrogens is 2. The summed E-state index contributed by atoms with van der Waals surface area (Å²) in [6.07, 6.45) is 0. The zero-order valence-electron chi connectivity index (χ0n) is 10.3. The molecule has 2 aromatic rings. The van der Waals surface area contributed by atoms with Crippen LogP contribution >= 0.6 is 11.6 Å². The zero-order valence-corrected chi connectivity index (χ0v) is 11.0. The molecule has 17 heavy (non-hydrogen) atoms. The van der Waals surface area contributed by atoms with Crippen LogP contribution in [0.5, 0.6) is 0 Å². The van der Waals surface area contributed by atoms with E-state index in [1.807, 2.05) is 18.7 Å². The molecular formula is C13H16ClN3. The molecule has 90 valence electrons. The van der Waals surface area contributed by atoms with Gasteiger partial charge >= 0.3 is 0 Å². The molecule has 0 saturated carbocycles. The van der Waals surface area contributed by atoms with Crippen molar-refractivity contribution in [1.29, 1.82) is 0 Å². The minimum absolute atomic E-state index is 0.567. The Bertz CT molecular complexity index is 514. The van der Waals surface area contributed by atoms with Crippen molar-refractivity contribution in [3.63, 3.8) is 0 Å². The smallest absolute Gasteiger partial charge is 0.152 e. The molecule has 0 bridgehead atoms. The largest absolute Gasteiger partial charge is 0.329 e. The fraction of sp³-hybridized carbons (Fsp3) is 0.308. The molecule has 1 aromatic carbocycles. The molecule has 0 aliphatic rings. The van der Waals surface area contributed by atoms with Crippen LogP contribution in [-0.2, 0) is 13.6 Å². The van der Waals surface area contributed by atoms with Gasteiger partial charge in [0.05, 0.1) is 5.69 Å². The first-order valence-electron chi connectivity index (χ1n) is 5.56. The fourth-order valence-electron chi connectivity index (χ4n) is 1.82. The summed E-state index contributed by atoms with van der Waals surface area (Å²) >= 11 is 6.14. The van der Waals surface area contributed by atoms with Crippen LogP contribution in [0.1, 0.15) is 11.3 Å². The lowest BCUT2D eigenvalue weighted by molar-refractivity contribution is 0.738. The molecule has 0 fully saturated rings. The summed E-state index contributed by atoms with van der Waals surface area (Å²) in [5.74, 6) is 0.903. The second kappa shape index (κ2) is 4.90. The summed E-state index contributed by atoms with van der Waals surface area (Å²) in [5, 5.41) is 3.66. The van der Waals surface area contributed by atoms with Crippen LogP contribution in [0.4, 0.5) is 0 Å². The van der Waals surface area contributed by atoms with Crippen LogP contribution in [0.15, 0.2) is 24.3 Å². The van der Waals surface area contributed by atoms with Crippen LogP contribution in [0, 0.1) is 6.92 Å². The highest BCUT2D eigenvalue weighted by molar-refractivity contribution is 6.30. The summed E-state index contributed by atoms with van der Waals surface area (Å²) in [4.78, 5) is 4.42. The van der Waals surface area contributed by atoms with E-state index in [9.17, 15) is 0 Å². The molecule has 2 rings (SSSR count). The van der Waals surface area contributed by atoms with Crippen LogP contribution in [0.25, 0.3) is 11.4 Å². The van der Waals surface area contributed by atoms with E-state index in [1.165, 1.54) is 5.56 Å². The highest BCUT2D eigenvalue weighted by Crippen LogP contribution is 2.24. The van der Waals surface area contributed by atoms with Crippen molar-refractivity contribution in [2.24, 2.45) is 7.05 Å². The molecule has 0 amide bonds. The Hall–Kier alpha value is -1.32. The molecule has 1 N–H and O–H groups in total. The molecule has 0 saturated heterocycles. The molecule has 0 unspecified atom stereocenters. The third-order valence-corrected chi connectivity index (χ3v) is 3.12. The van der Waals surface area contributed by atoms with Crippen molar-refractivity contribution >= 4 is 11.6 Å². The Morgan fingerprint density at radius 3 is 2.53 bits per heavy atom. The van der Waals surface area contributed by atoms with Crippen LogP contribution in [0.2, 0.25) is 5.15 Å². The van der Waals surface area contributed by atoms with Crippen LogP contribution < -0.4 is 5.32 Å². The number of halogens is 1. The normalized spacial score (nSPS) is 10.8. The van der Waals surface area contributed by atoms with E-state index < -0.39 is 0 Å². The summed E-state index contributed by atoms with van der Waals surface area (Å²) in [6, 6.07) is 8.29. The van der Waals surface area contributed by atoms with E-state index in [0.29, 0.717) is 11.7 Å². The molecule has 0 atom stereocenters. The van der Waals surface area contributed by atoms with E-state index in [1.54, 1.807) is 0 Å². The summed E-state index contributed by atoms with van der Waals surface area (Å²) < 4.78 is 2.03. The Labute approximate surface area is 106 Å². The summed E-state index contributed by atoms with van der Waals surface area (Å²) in [5.41, 5.74) is 3.33. The van der Waals surface area contributed by atoms with Crippen molar-refractivity contribution in [2.45, 2.75) is 13.5 Å². The van der Waals surface area contributed by atoms with Gasteiger partial charge in [-0.05, 0) is 14.0 Å². The minimum Gasteiger partial charge on any atom is -0.329 e. The SMILES string of the molecule is CNCc1c(Cl)nc(-c2ccc(C)cc2)n1C. The maximum absolute atomic E-state index is 6.14. The number of hydrogen-bond acceptors (Lipinski definition) is 2. The maximum atomic E-state index is 6.14. The first kappa shape index (κ1) is 12.1. The first-order chi connectivity index (χ1) is 8.13. The van der Waals surface area contributed by atoms with E-state index >= 15 is 0 Å². The fourth-order valence-corrected chi connectivity index (χ4v) is 2.09. The maximum Gasteiger partial charge on any atom is 0.152 e. The quantitative estimate of drug-likeness (QED) is 0.907. The molecule has 1 aromatic heterocycles. The van der Waals surface area contributed by atoms with Gasteiger partial charge in [-0.1, -0.05) is 41.4 Å². The average Bonchev–Trinajstić information content (AvgIpc) is 2.59.